The third-order valence-electron chi connectivity index (χ3n) is 3.41. The normalized spacial score (nSPS) is 10.7. The van der Waals surface area contributed by atoms with Crippen molar-refractivity contribution in [1.29, 1.82) is 0 Å². The number of rotatable bonds is 5. The van der Waals surface area contributed by atoms with Crippen molar-refractivity contribution in [3.05, 3.63) is 54.0 Å². The Balaban J connectivity index is 1.63. The van der Waals surface area contributed by atoms with Gasteiger partial charge in [0.2, 0.25) is 5.91 Å². The minimum atomic E-state index is -0.0495. The third kappa shape index (κ3) is 3.84. The fraction of sp³-hybridized carbons (Fsp3) is 0.235. The Hall–Kier alpha value is -2.47. The smallest absolute Gasteiger partial charge is 0.228 e. The van der Waals surface area contributed by atoms with Gasteiger partial charge in [-0.1, -0.05) is 41.7 Å². The zero-order valence-corrected chi connectivity index (χ0v) is 13.9. The van der Waals surface area contributed by atoms with Gasteiger partial charge in [0.1, 0.15) is 0 Å². The molecule has 0 aliphatic heterocycles. The fourth-order valence-electron chi connectivity index (χ4n) is 2.29. The minimum absolute atomic E-state index is 0.0495. The second-order valence-electron chi connectivity index (χ2n) is 5.38. The van der Waals surface area contributed by atoms with Crippen molar-refractivity contribution in [3.63, 3.8) is 0 Å². The second kappa shape index (κ2) is 6.75. The minimum Gasteiger partial charge on any atom is -0.302 e. The Bertz CT molecular complexity index is 807. The van der Waals surface area contributed by atoms with E-state index in [-0.39, 0.29) is 5.91 Å². The van der Waals surface area contributed by atoms with Gasteiger partial charge in [0.05, 0.1) is 16.8 Å². The lowest BCUT2D eigenvalue weighted by atomic mass is 10.2. The van der Waals surface area contributed by atoms with Crippen molar-refractivity contribution in [3.8, 4) is 10.4 Å². The molecule has 0 fully saturated rings. The van der Waals surface area contributed by atoms with Crippen LogP contribution in [0.25, 0.3) is 10.4 Å². The van der Waals surface area contributed by atoms with E-state index in [1.54, 1.807) is 10.9 Å². The topological polar surface area (TPSA) is 59.8 Å². The SMILES string of the molecule is Cc1cnn(CCC(=O)Nc2nc(C)c(-c3ccccc3)s2)c1. The van der Waals surface area contributed by atoms with Crippen molar-refractivity contribution in [2.75, 3.05) is 5.32 Å². The quantitative estimate of drug-likeness (QED) is 0.778. The molecule has 6 heteroatoms. The highest BCUT2D eigenvalue weighted by Crippen LogP contribution is 2.32. The van der Waals surface area contributed by atoms with E-state index in [4.69, 9.17) is 0 Å². The summed E-state index contributed by atoms with van der Waals surface area (Å²) in [5.74, 6) is -0.0495. The van der Waals surface area contributed by atoms with Gasteiger partial charge in [-0.25, -0.2) is 4.98 Å². The van der Waals surface area contributed by atoms with Crippen LogP contribution >= 0.6 is 11.3 Å². The number of aromatic nitrogens is 3. The summed E-state index contributed by atoms with van der Waals surface area (Å²) < 4.78 is 1.78. The lowest BCUT2D eigenvalue weighted by Gasteiger charge is -2.02. The lowest BCUT2D eigenvalue weighted by molar-refractivity contribution is -0.116. The van der Waals surface area contributed by atoms with Crippen molar-refractivity contribution in [2.45, 2.75) is 26.8 Å². The fourth-order valence-corrected chi connectivity index (χ4v) is 3.28. The highest BCUT2D eigenvalue weighted by molar-refractivity contribution is 7.19. The number of nitrogens with one attached hydrogen (secondary N) is 1. The number of benzene rings is 1. The van der Waals surface area contributed by atoms with Crippen LogP contribution in [0.5, 0.6) is 0 Å². The van der Waals surface area contributed by atoms with Crippen LogP contribution in [0.2, 0.25) is 0 Å². The molecule has 3 aromatic rings. The van der Waals surface area contributed by atoms with E-state index in [1.165, 1.54) is 11.3 Å². The van der Waals surface area contributed by atoms with Crippen LogP contribution in [-0.2, 0) is 11.3 Å². The van der Waals surface area contributed by atoms with Crippen molar-refractivity contribution >= 4 is 22.4 Å². The zero-order valence-electron chi connectivity index (χ0n) is 13.1. The molecule has 0 saturated carbocycles. The number of nitrogens with zero attached hydrogens (tertiary/aromatic N) is 3. The predicted molar refractivity (Wildman–Crippen MR) is 92.5 cm³/mol. The molecule has 1 amide bonds. The van der Waals surface area contributed by atoms with E-state index in [0.717, 1.165) is 21.7 Å². The zero-order chi connectivity index (χ0) is 16.2. The van der Waals surface area contributed by atoms with E-state index in [9.17, 15) is 4.79 Å². The van der Waals surface area contributed by atoms with Gasteiger partial charge in [0.25, 0.3) is 0 Å². The van der Waals surface area contributed by atoms with Gasteiger partial charge in [0.15, 0.2) is 5.13 Å². The number of hydrogen-bond donors (Lipinski definition) is 1. The van der Waals surface area contributed by atoms with E-state index >= 15 is 0 Å². The molecule has 1 aromatic carbocycles. The molecule has 2 aromatic heterocycles. The Kier molecular flexibility index (Phi) is 4.52. The van der Waals surface area contributed by atoms with Gasteiger partial charge < -0.3 is 5.32 Å². The monoisotopic (exact) mass is 326 g/mol. The Morgan fingerprint density at radius 2 is 2.04 bits per heavy atom. The van der Waals surface area contributed by atoms with Crippen LogP contribution in [0.1, 0.15) is 17.7 Å². The Morgan fingerprint density at radius 3 is 2.74 bits per heavy atom. The summed E-state index contributed by atoms with van der Waals surface area (Å²) >= 11 is 1.50. The first-order valence-corrected chi connectivity index (χ1v) is 8.25. The molecule has 3 rings (SSSR count). The number of amides is 1. The van der Waals surface area contributed by atoms with Gasteiger partial charge in [0, 0.05) is 19.2 Å². The van der Waals surface area contributed by atoms with Gasteiger partial charge in [-0.2, -0.15) is 5.10 Å². The van der Waals surface area contributed by atoms with Crippen molar-refractivity contribution < 1.29 is 4.79 Å². The van der Waals surface area contributed by atoms with Crippen molar-refractivity contribution in [1.82, 2.24) is 14.8 Å². The Morgan fingerprint density at radius 1 is 1.26 bits per heavy atom. The third-order valence-corrected chi connectivity index (χ3v) is 4.53. The molecular weight excluding hydrogens is 308 g/mol. The molecule has 2 heterocycles. The van der Waals surface area contributed by atoms with E-state index < -0.39 is 0 Å². The van der Waals surface area contributed by atoms with Gasteiger partial charge in [-0.05, 0) is 25.0 Å². The van der Waals surface area contributed by atoms with Gasteiger partial charge >= 0.3 is 0 Å². The highest BCUT2D eigenvalue weighted by Gasteiger charge is 2.12. The summed E-state index contributed by atoms with van der Waals surface area (Å²) in [6, 6.07) is 10.1. The van der Waals surface area contributed by atoms with Gasteiger partial charge in [-0.3, -0.25) is 9.48 Å². The van der Waals surface area contributed by atoms with Crippen molar-refractivity contribution in [2.24, 2.45) is 0 Å². The molecule has 0 unspecified atom stereocenters. The average Bonchev–Trinajstić information content (AvgIpc) is 3.12. The first-order valence-electron chi connectivity index (χ1n) is 7.43. The first kappa shape index (κ1) is 15.4. The first-order chi connectivity index (χ1) is 11.1. The van der Waals surface area contributed by atoms with E-state index in [1.807, 2.05) is 50.4 Å². The van der Waals surface area contributed by atoms with Crippen LogP contribution in [-0.4, -0.2) is 20.7 Å². The van der Waals surface area contributed by atoms with E-state index in [0.29, 0.717) is 18.1 Å². The summed E-state index contributed by atoms with van der Waals surface area (Å²) in [5, 5.41) is 7.70. The molecule has 118 valence electrons. The van der Waals surface area contributed by atoms with Gasteiger partial charge in [-0.15, -0.1) is 0 Å². The maximum atomic E-state index is 12.1. The molecule has 0 aliphatic carbocycles. The van der Waals surface area contributed by atoms with Crippen LogP contribution in [0, 0.1) is 13.8 Å². The summed E-state index contributed by atoms with van der Waals surface area (Å²) in [5.41, 5.74) is 3.14. The molecule has 0 bridgehead atoms. The highest BCUT2D eigenvalue weighted by atomic mass is 32.1. The molecule has 1 N–H and O–H groups in total. The maximum Gasteiger partial charge on any atom is 0.228 e. The molecule has 0 spiro atoms. The molecular formula is C17H18N4OS. The Labute approximate surface area is 139 Å². The van der Waals surface area contributed by atoms with Crippen LogP contribution in [0.15, 0.2) is 42.7 Å². The summed E-state index contributed by atoms with van der Waals surface area (Å²) in [7, 11) is 0. The standard InChI is InChI=1S/C17H18N4OS/c1-12-10-18-21(11-12)9-8-15(22)20-17-19-13(2)16(23-17)14-6-4-3-5-7-14/h3-7,10-11H,8-9H2,1-2H3,(H,19,20,22). The second-order valence-corrected chi connectivity index (χ2v) is 6.38. The van der Waals surface area contributed by atoms with Crippen LogP contribution < -0.4 is 5.32 Å². The summed E-state index contributed by atoms with van der Waals surface area (Å²) in [6.45, 7) is 4.50. The van der Waals surface area contributed by atoms with Crippen LogP contribution in [0.4, 0.5) is 5.13 Å². The number of carbonyl (C=O) groups excluding carboxylic acids is 1. The maximum absolute atomic E-state index is 12.1. The molecule has 0 radical (unpaired) electrons. The van der Waals surface area contributed by atoms with E-state index in [2.05, 4.69) is 15.4 Å². The number of aryl methyl sites for hydroxylation is 3. The number of thiazole rings is 1. The number of carbonyl (C=O) groups is 1. The number of hydrogen-bond acceptors (Lipinski definition) is 4. The molecule has 23 heavy (non-hydrogen) atoms. The number of anilines is 1. The summed E-state index contributed by atoms with van der Waals surface area (Å²) in [6.07, 6.45) is 4.09. The lowest BCUT2D eigenvalue weighted by Crippen LogP contribution is -2.14. The molecule has 0 aliphatic rings. The van der Waals surface area contributed by atoms with Crippen LogP contribution in [0.3, 0.4) is 0 Å². The largest absolute Gasteiger partial charge is 0.302 e. The average molecular weight is 326 g/mol. The molecule has 0 saturated heterocycles. The molecule has 0 atom stereocenters. The molecule has 5 nitrogen and oxygen atoms in total. The predicted octanol–water partition coefficient (Wildman–Crippen LogP) is 3.65. The summed E-state index contributed by atoms with van der Waals surface area (Å²) in [4.78, 5) is 17.6.